The second-order valence-corrected chi connectivity index (χ2v) is 1.50. The van der Waals surface area contributed by atoms with Gasteiger partial charge in [0.2, 0.25) is 24.3 Å². The van der Waals surface area contributed by atoms with Crippen LogP contribution in [0.5, 0.6) is 0 Å². The molecule has 8 heteroatoms. The van der Waals surface area contributed by atoms with Gasteiger partial charge in [-0.15, -0.1) is 0 Å². The lowest BCUT2D eigenvalue weighted by Gasteiger charge is -1.81. The molecule has 0 rings (SSSR count). The van der Waals surface area contributed by atoms with Gasteiger partial charge in [0.1, 0.15) is 0 Å². The van der Waals surface area contributed by atoms with Crippen molar-refractivity contribution < 1.29 is 19.2 Å². The zero-order chi connectivity index (χ0) is 12.4. The van der Waals surface area contributed by atoms with Crippen molar-refractivity contribution in [1.82, 2.24) is 0 Å². The highest BCUT2D eigenvalue weighted by atomic mass is 16.1. The lowest BCUT2D eigenvalue weighted by molar-refractivity contribution is 0.560. The van der Waals surface area contributed by atoms with E-state index in [0.29, 0.717) is 19.5 Å². The molecule has 0 radical (unpaired) electrons. The monoisotopic (exact) mass is 212 g/mol. The largest absolute Gasteiger partial charge is 0.234 e. The summed E-state index contributed by atoms with van der Waals surface area (Å²) in [5.41, 5.74) is 0. The maximum atomic E-state index is 9.44. The molecule has 0 aliphatic carbocycles. The molecule has 0 saturated carbocycles. The summed E-state index contributed by atoms with van der Waals surface area (Å²) in [5, 5.41) is 10.8. The highest BCUT2D eigenvalue weighted by Gasteiger charge is 1.79. The molecule has 0 heterocycles. The van der Waals surface area contributed by atoms with Gasteiger partial charge in [0.05, 0.1) is 13.1 Å². The quantitative estimate of drug-likeness (QED) is 0.379. The van der Waals surface area contributed by atoms with Gasteiger partial charge in [-0.3, -0.25) is 0 Å². The van der Waals surface area contributed by atoms with Crippen molar-refractivity contribution >= 4 is 24.3 Å². The van der Waals surface area contributed by atoms with E-state index in [4.69, 9.17) is 20.4 Å². The first-order chi connectivity index (χ1) is 7.24. The summed E-state index contributed by atoms with van der Waals surface area (Å²) < 4.78 is 0. The van der Waals surface area contributed by atoms with Crippen LogP contribution in [-0.2, 0) is 19.2 Å². The Kier molecular flexibility index (Phi) is 36.7. The Labute approximate surface area is 84.7 Å². The van der Waals surface area contributed by atoms with E-state index in [9.17, 15) is 9.59 Å². The van der Waals surface area contributed by atoms with Crippen molar-refractivity contribution in [1.29, 1.82) is 10.8 Å². The first-order valence-electron chi connectivity index (χ1n) is 3.40. The van der Waals surface area contributed by atoms with Gasteiger partial charge in [0, 0.05) is 0 Å². The second-order valence-electron chi connectivity index (χ2n) is 1.50. The second kappa shape index (κ2) is 30.0. The summed E-state index contributed by atoms with van der Waals surface area (Å²) in [6.45, 7) is 0.767. The summed E-state index contributed by atoms with van der Waals surface area (Å²) in [7, 11) is 0. The summed E-state index contributed by atoms with van der Waals surface area (Å²) in [4.78, 5) is 42.1. The van der Waals surface area contributed by atoms with Crippen LogP contribution >= 0.6 is 0 Å². The van der Waals surface area contributed by atoms with E-state index >= 15 is 0 Å². The minimum absolute atomic E-state index is 0.384. The summed E-state index contributed by atoms with van der Waals surface area (Å²) in [6.07, 6.45) is 4.86. The van der Waals surface area contributed by atoms with E-state index in [1.165, 1.54) is 12.2 Å². The van der Waals surface area contributed by atoms with Gasteiger partial charge in [-0.25, -0.2) is 40.0 Å². The van der Waals surface area contributed by atoms with E-state index in [2.05, 4.69) is 9.98 Å². The van der Waals surface area contributed by atoms with E-state index < -0.39 is 0 Å². The fraction of sp³-hybridized carbons (Fsp3) is 0.429. The Morgan fingerprint density at radius 1 is 0.800 bits per heavy atom. The van der Waals surface area contributed by atoms with Crippen molar-refractivity contribution in [2.75, 3.05) is 13.1 Å². The Balaban J connectivity index is -0.000000200. The molecular formula is C7H8N4O4. The van der Waals surface area contributed by atoms with Crippen molar-refractivity contribution in [3.05, 3.63) is 0 Å². The molecule has 0 aliphatic rings. The number of hydrogen-bond donors (Lipinski definition) is 2. The molecule has 0 aliphatic heterocycles. The molecule has 0 aromatic rings. The fourth-order valence-electron chi connectivity index (χ4n) is 0.320. The normalized spacial score (nSPS) is 5.33. The summed E-state index contributed by atoms with van der Waals surface area (Å²) in [5.74, 6) is 0. The molecule has 0 aromatic heterocycles. The first-order valence-corrected chi connectivity index (χ1v) is 3.40. The highest BCUT2D eigenvalue weighted by Crippen LogP contribution is 1.78. The molecule has 0 atom stereocenters. The molecule has 2 N–H and O–H groups in total. The van der Waals surface area contributed by atoms with Gasteiger partial charge in [0.15, 0.2) is 0 Å². The molecule has 0 aromatic carbocycles. The van der Waals surface area contributed by atoms with Crippen LogP contribution in [0.25, 0.3) is 0 Å². The molecular weight excluding hydrogens is 204 g/mol. The van der Waals surface area contributed by atoms with Crippen LogP contribution in [-0.4, -0.2) is 37.4 Å². The summed E-state index contributed by atoms with van der Waals surface area (Å²) in [6, 6.07) is 0. The molecule has 0 amide bonds. The van der Waals surface area contributed by atoms with Gasteiger partial charge < -0.3 is 0 Å². The zero-order valence-corrected chi connectivity index (χ0v) is 7.65. The van der Waals surface area contributed by atoms with Crippen LogP contribution in [0.15, 0.2) is 9.98 Å². The Morgan fingerprint density at radius 3 is 1.27 bits per heavy atom. The van der Waals surface area contributed by atoms with Crippen LogP contribution < -0.4 is 0 Å². The number of nitrogens with one attached hydrogen (secondary N) is 2. The average molecular weight is 212 g/mol. The smallest absolute Gasteiger partial charge is 0.222 e. The molecule has 8 nitrogen and oxygen atoms in total. The van der Waals surface area contributed by atoms with Crippen LogP contribution in [0.4, 0.5) is 0 Å². The van der Waals surface area contributed by atoms with Crippen LogP contribution in [0, 0.1) is 10.8 Å². The predicted octanol–water partition coefficient (Wildman–Crippen LogP) is -0.150. The van der Waals surface area contributed by atoms with Crippen molar-refractivity contribution in [3.63, 3.8) is 0 Å². The van der Waals surface area contributed by atoms with Gasteiger partial charge in [-0.1, -0.05) is 0 Å². The SMILES string of the molecule is N=C=O.N=C=O.O=C=NCCCN=C=O. The van der Waals surface area contributed by atoms with Gasteiger partial charge >= 0.3 is 0 Å². The molecule has 15 heavy (non-hydrogen) atoms. The van der Waals surface area contributed by atoms with Crippen molar-refractivity contribution in [2.45, 2.75) is 6.42 Å². The average Bonchev–Trinajstić information content (AvgIpc) is 2.20. The van der Waals surface area contributed by atoms with E-state index in [0.717, 1.165) is 12.2 Å². The maximum Gasteiger partial charge on any atom is 0.234 e. The van der Waals surface area contributed by atoms with Crippen molar-refractivity contribution in [3.8, 4) is 0 Å². The Hall–Kier alpha value is -2.48. The van der Waals surface area contributed by atoms with E-state index in [1.807, 2.05) is 0 Å². The maximum absolute atomic E-state index is 9.44. The third-order valence-corrected chi connectivity index (χ3v) is 0.669. The number of nitrogens with zero attached hydrogens (tertiary/aromatic N) is 2. The van der Waals surface area contributed by atoms with E-state index in [-0.39, 0.29) is 0 Å². The van der Waals surface area contributed by atoms with Gasteiger partial charge in [-0.05, 0) is 6.42 Å². The van der Waals surface area contributed by atoms with Crippen molar-refractivity contribution in [2.24, 2.45) is 9.98 Å². The number of isocyanates is 4. The molecule has 0 unspecified atom stereocenters. The minimum Gasteiger partial charge on any atom is -0.222 e. The standard InChI is InChI=1S/C5H6N2O2.2CHNO/c8-4-6-2-1-3-7-5-9;2*2-1-3/h1-3H2;2*2H. The molecule has 0 bridgehead atoms. The molecule has 0 fully saturated rings. The van der Waals surface area contributed by atoms with E-state index in [1.54, 1.807) is 0 Å². The third kappa shape index (κ3) is 84.3. The molecule has 0 spiro atoms. The third-order valence-electron chi connectivity index (χ3n) is 0.669. The lowest BCUT2D eigenvalue weighted by atomic mass is 10.4. The topological polar surface area (TPSA) is 141 Å². The summed E-state index contributed by atoms with van der Waals surface area (Å²) >= 11 is 0. The minimum atomic E-state index is 0.384. The molecule has 80 valence electrons. The predicted molar refractivity (Wildman–Crippen MR) is 47.4 cm³/mol. The Morgan fingerprint density at radius 2 is 1.07 bits per heavy atom. The number of aliphatic imine (C=N–C) groups is 2. The Bertz CT molecular complexity index is 260. The van der Waals surface area contributed by atoms with Crippen LogP contribution in [0.2, 0.25) is 0 Å². The highest BCUT2D eigenvalue weighted by molar-refractivity contribution is 5.33. The number of hydrogen-bond acceptors (Lipinski definition) is 8. The molecule has 0 saturated heterocycles. The lowest BCUT2D eigenvalue weighted by Crippen LogP contribution is -1.83. The zero-order valence-electron chi connectivity index (χ0n) is 7.65. The van der Waals surface area contributed by atoms with Gasteiger partial charge in [-0.2, -0.15) is 0 Å². The number of rotatable bonds is 4. The fourth-order valence-corrected chi connectivity index (χ4v) is 0.320. The van der Waals surface area contributed by atoms with Crippen LogP contribution in [0.3, 0.4) is 0 Å². The van der Waals surface area contributed by atoms with Crippen LogP contribution in [0.1, 0.15) is 6.42 Å². The number of carbonyl (C=O) groups excluding carboxylic acids is 4. The first kappa shape index (κ1) is 18.3. The van der Waals surface area contributed by atoms with Gasteiger partial charge in [0.25, 0.3) is 0 Å².